The van der Waals surface area contributed by atoms with E-state index in [-0.39, 0.29) is 18.2 Å². The zero-order valence-corrected chi connectivity index (χ0v) is 13.2. The van der Waals surface area contributed by atoms with Crippen molar-refractivity contribution in [1.82, 2.24) is 4.90 Å². The van der Waals surface area contributed by atoms with Crippen molar-refractivity contribution in [3.63, 3.8) is 0 Å². The van der Waals surface area contributed by atoms with Crippen LogP contribution < -0.4 is 4.74 Å². The summed E-state index contributed by atoms with van der Waals surface area (Å²) in [5.74, 6) is 1.47. The molecule has 1 fully saturated rings. The molecule has 2 rings (SSSR count). The third kappa shape index (κ3) is 3.96. The van der Waals surface area contributed by atoms with Gasteiger partial charge in [-0.1, -0.05) is 13.8 Å². The predicted molar refractivity (Wildman–Crippen MR) is 82.9 cm³/mol. The highest BCUT2D eigenvalue weighted by Crippen LogP contribution is 2.24. The molecule has 1 aliphatic rings. The number of amides is 1. The molecule has 0 aliphatic carbocycles. The second-order valence-electron chi connectivity index (χ2n) is 6.24. The number of ether oxygens (including phenoxy) is 1. The second kappa shape index (κ2) is 6.77. The zero-order chi connectivity index (χ0) is 16.3. The van der Waals surface area contributed by atoms with E-state index < -0.39 is 4.92 Å². The summed E-state index contributed by atoms with van der Waals surface area (Å²) in [5, 5.41) is 10.8. The molecule has 2 atom stereocenters. The van der Waals surface area contributed by atoms with E-state index >= 15 is 0 Å². The zero-order valence-electron chi connectivity index (χ0n) is 13.2. The van der Waals surface area contributed by atoms with Gasteiger partial charge in [-0.05, 0) is 37.3 Å². The van der Waals surface area contributed by atoms with Gasteiger partial charge >= 0.3 is 0 Å². The molecular formula is C16H22N2O4. The van der Waals surface area contributed by atoms with Crippen molar-refractivity contribution in [1.29, 1.82) is 0 Å². The summed E-state index contributed by atoms with van der Waals surface area (Å²) < 4.78 is 5.49. The van der Waals surface area contributed by atoms with Gasteiger partial charge in [-0.25, -0.2) is 0 Å². The van der Waals surface area contributed by atoms with Crippen LogP contribution in [0.5, 0.6) is 5.75 Å². The third-order valence-corrected chi connectivity index (χ3v) is 3.95. The Bertz CT molecular complexity index is 563. The summed E-state index contributed by atoms with van der Waals surface area (Å²) in [6.07, 6.45) is 1.15. The molecule has 22 heavy (non-hydrogen) atoms. The summed E-state index contributed by atoms with van der Waals surface area (Å²) in [5.41, 5.74) is 0.576. The van der Waals surface area contributed by atoms with Gasteiger partial charge in [-0.2, -0.15) is 0 Å². The van der Waals surface area contributed by atoms with Gasteiger partial charge in [0.2, 0.25) is 0 Å². The molecule has 120 valence electrons. The first-order valence-corrected chi connectivity index (χ1v) is 7.52. The van der Waals surface area contributed by atoms with Gasteiger partial charge in [-0.3, -0.25) is 14.9 Å². The molecule has 6 heteroatoms. The Labute approximate surface area is 130 Å². The van der Waals surface area contributed by atoms with E-state index in [1.165, 1.54) is 12.1 Å². The van der Waals surface area contributed by atoms with Crippen LogP contribution in [-0.2, 0) is 4.79 Å². The maximum atomic E-state index is 12.2. The molecule has 1 aliphatic heterocycles. The smallest absolute Gasteiger partial charge is 0.272 e. The topological polar surface area (TPSA) is 72.7 Å². The first-order valence-electron chi connectivity index (χ1n) is 7.52. The minimum absolute atomic E-state index is 0.0311. The second-order valence-corrected chi connectivity index (χ2v) is 6.24. The van der Waals surface area contributed by atoms with Gasteiger partial charge in [0.15, 0.2) is 6.61 Å². The minimum atomic E-state index is -0.430. The molecule has 0 saturated carbocycles. The van der Waals surface area contributed by atoms with E-state index in [1.54, 1.807) is 13.0 Å². The fourth-order valence-corrected chi connectivity index (χ4v) is 3.03. The fourth-order valence-electron chi connectivity index (χ4n) is 3.03. The van der Waals surface area contributed by atoms with Crippen LogP contribution in [0.4, 0.5) is 5.69 Å². The number of nitro benzene ring substituents is 1. The lowest BCUT2D eigenvalue weighted by Crippen LogP contribution is -2.44. The number of carbonyl (C=O) groups excluding carboxylic acids is 1. The van der Waals surface area contributed by atoms with Crippen molar-refractivity contribution < 1.29 is 14.5 Å². The number of carbonyl (C=O) groups is 1. The Balaban J connectivity index is 1.93. The monoisotopic (exact) mass is 306 g/mol. The minimum Gasteiger partial charge on any atom is -0.484 e. The van der Waals surface area contributed by atoms with Crippen molar-refractivity contribution in [2.24, 2.45) is 11.8 Å². The van der Waals surface area contributed by atoms with Crippen LogP contribution in [0.25, 0.3) is 0 Å². The Morgan fingerprint density at radius 3 is 2.55 bits per heavy atom. The summed E-state index contributed by atoms with van der Waals surface area (Å²) in [4.78, 5) is 24.4. The molecule has 1 aromatic carbocycles. The van der Waals surface area contributed by atoms with E-state index in [9.17, 15) is 14.9 Å². The first-order chi connectivity index (χ1) is 10.4. The molecule has 1 amide bonds. The number of hydrogen-bond donors (Lipinski definition) is 0. The van der Waals surface area contributed by atoms with Gasteiger partial charge in [0.1, 0.15) is 5.75 Å². The Hall–Kier alpha value is -2.11. The number of hydrogen-bond acceptors (Lipinski definition) is 4. The molecule has 1 aromatic rings. The van der Waals surface area contributed by atoms with Crippen LogP contribution in [0.1, 0.15) is 25.8 Å². The lowest BCUT2D eigenvalue weighted by Gasteiger charge is -2.34. The Morgan fingerprint density at radius 2 is 2.00 bits per heavy atom. The van der Waals surface area contributed by atoms with Crippen molar-refractivity contribution in [2.75, 3.05) is 19.7 Å². The summed E-state index contributed by atoms with van der Waals surface area (Å²) in [6, 6.07) is 4.52. The SMILES string of the molecule is Cc1cc(OCC(=O)N2CC(C)CC(C)C2)ccc1[N+](=O)[O-]. The molecule has 6 nitrogen and oxygen atoms in total. The number of aryl methyl sites for hydroxylation is 1. The highest BCUT2D eigenvalue weighted by Gasteiger charge is 2.25. The van der Waals surface area contributed by atoms with Crippen LogP contribution in [0.3, 0.4) is 0 Å². The van der Waals surface area contributed by atoms with Gasteiger partial charge in [0, 0.05) is 24.7 Å². The van der Waals surface area contributed by atoms with Crippen LogP contribution in [-0.4, -0.2) is 35.4 Å². The summed E-state index contributed by atoms with van der Waals surface area (Å²) >= 11 is 0. The molecule has 1 heterocycles. The van der Waals surface area contributed by atoms with Crippen molar-refractivity contribution in [2.45, 2.75) is 27.2 Å². The Morgan fingerprint density at radius 1 is 1.36 bits per heavy atom. The van der Waals surface area contributed by atoms with E-state index in [0.717, 1.165) is 19.5 Å². The van der Waals surface area contributed by atoms with Crippen molar-refractivity contribution in [3.8, 4) is 5.75 Å². The first kappa shape index (κ1) is 16.3. The molecule has 0 radical (unpaired) electrons. The van der Waals surface area contributed by atoms with Crippen LogP contribution in [0, 0.1) is 28.9 Å². The number of benzene rings is 1. The standard InChI is InChI=1S/C16H22N2O4/c1-11-6-12(2)9-17(8-11)16(19)10-22-14-4-5-15(18(20)21)13(3)7-14/h4-5,7,11-12H,6,8-10H2,1-3H3. The van der Waals surface area contributed by atoms with E-state index in [2.05, 4.69) is 13.8 Å². The van der Waals surface area contributed by atoms with Crippen molar-refractivity contribution in [3.05, 3.63) is 33.9 Å². The van der Waals surface area contributed by atoms with E-state index in [0.29, 0.717) is 23.1 Å². The number of rotatable bonds is 4. The lowest BCUT2D eigenvalue weighted by atomic mass is 9.92. The van der Waals surface area contributed by atoms with E-state index in [4.69, 9.17) is 4.74 Å². The quantitative estimate of drug-likeness (QED) is 0.633. The number of nitro groups is 1. The molecule has 1 saturated heterocycles. The highest BCUT2D eigenvalue weighted by molar-refractivity contribution is 5.78. The number of likely N-dealkylation sites (tertiary alicyclic amines) is 1. The highest BCUT2D eigenvalue weighted by atomic mass is 16.6. The average molecular weight is 306 g/mol. The normalized spacial score (nSPS) is 21.5. The summed E-state index contributed by atoms with van der Waals surface area (Å²) in [7, 11) is 0. The molecule has 0 aromatic heterocycles. The summed E-state index contributed by atoms with van der Waals surface area (Å²) in [6.45, 7) is 7.46. The van der Waals surface area contributed by atoms with Crippen LogP contribution in [0.15, 0.2) is 18.2 Å². The van der Waals surface area contributed by atoms with Gasteiger partial charge in [0.05, 0.1) is 4.92 Å². The van der Waals surface area contributed by atoms with Gasteiger partial charge in [0.25, 0.3) is 11.6 Å². The third-order valence-electron chi connectivity index (χ3n) is 3.95. The number of piperidine rings is 1. The molecular weight excluding hydrogens is 284 g/mol. The maximum absolute atomic E-state index is 12.2. The largest absolute Gasteiger partial charge is 0.484 e. The lowest BCUT2D eigenvalue weighted by molar-refractivity contribution is -0.385. The molecule has 0 spiro atoms. The van der Waals surface area contributed by atoms with Crippen molar-refractivity contribution >= 4 is 11.6 Å². The van der Waals surface area contributed by atoms with Gasteiger partial charge in [-0.15, -0.1) is 0 Å². The van der Waals surface area contributed by atoms with Crippen LogP contribution in [0.2, 0.25) is 0 Å². The Kier molecular flexibility index (Phi) is 5.00. The molecule has 0 N–H and O–H groups in total. The average Bonchev–Trinajstić information content (AvgIpc) is 2.43. The van der Waals surface area contributed by atoms with E-state index in [1.807, 2.05) is 4.90 Å². The molecule has 2 unspecified atom stereocenters. The molecule has 0 bridgehead atoms. The fraction of sp³-hybridized carbons (Fsp3) is 0.562. The maximum Gasteiger partial charge on any atom is 0.272 e. The number of nitrogens with zero attached hydrogens (tertiary/aromatic N) is 2. The van der Waals surface area contributed by atoms with Gasteiger partial charge < -0.3 is 9.64 Å². The van der Waals surface area contributed by atoms with Crippen LogP contribution >= 0.6 is 0 Å². The predicted octanol–water partition coefficient (Wildman–Crippen LogP) is 2.79.